The van der Waals surface area contributed by atoms with Gasteiger partial charge in [-0.2, -0.15) is 9.40 Å². The fourth-order valence-electron chi connectivity index (χ4n) is 3.10. The van der Waals surface area contributed by atoms with E-state index >= 15 is 0 Å². The molecular formula is C16H21N3O3S. The molecular weight excluding hydrogens is 314 g/mol. The summed E-state index contributed by atoms with van der Waals surface area (Å²) in [7, 11) is -1.86. The molecule has 3 rings (SSSR count). The molecule has 0 spiro atoms. The molecule has 1 aliphatic heterocycles. The first kappa shape index (κ1) is 16.2. The molecule has 1 saturated heterocycles. The van der Waals surface area contributed by atoms with Gasteiger partial charge in [0.2, 0.25) is 10.0 Å². The predicted octanol–water partition coefficient (Wildman–Crippen LogP) is 1.70. The van der Waals surface area contributed by atoms with Crippen LogP contribution < -0.4 is 0 Å². The van der Waals surface area contributed by atoms with Crippen molar-refractivity contribution in [3.05, 3.63) is 48.3 Å². The van der Waals surface area contributed by atoms with Gasteiger partial charge in [-0.1, -0.05) is 30.3 Å². The molecule has 0 bridgehead atoms. The number of nitrogens with zero attached hydrogens (tertiary/aromatic N) is 3. The molecule has 1 aliphatic rings. The van der Waals surface area contributed by atoms with Crippen LogP contribution in [0.2, 0.25) is 0 Å². The first-order chi connectivity index (χ1) is 11.0. The average Bonchev–Trinajstić information content (AvgIpc) is 3.17. The van der Waals surface area contributed by atoms with Crippen molar-refractivity contribution in [1.82, 2.24) is 14.1 Å². The summed E-state index contributed by atoms with van der Waals surface area (Å²) in [5, 5.41) is 14.4. The van der Waals surface area contributed by atoms with Crippen molar-refractivity contribution in [2.24, 2.45) is 7.05 Å². The van der Waals surface area contributed by atoms with Crippen molar-refractivity contribution in [2.75, 3.05) is 6.54 Å². The molecule has 1 aromatic carbocycles. The summed E-state index contributed by atoms with van der Waals surface area (Å²) in [6, 6.07) is 9.18. The number of aliphatic hydroxyl groups is 1. The Bertz CT molecular complexity index is 758. The molecule has 2 unspecified atom stereocenters. The Kier molecular flexibility index (Phi) is 4.52. The molecule has 1 aromatic heterocycles. The third-order valence-electron chi connectivity index (χ3n) is 4.29. The van der Waals surface area contributed by atoms with Crippen molar-refractivity contribution in [3.8, 4) is 0 Å². The highest BCUT2D eigenvalue weighted by Crippen LogP contribution is 2.31. The second-order valence-electron chi connectivity index (χ2n) is 5.92. The SMILES string of the molecule is Cn1cc(S(=O)(=O)N2CCCC2CC(O)c2ccccc2)cn1. The third kappa shape index (κ3) is 3.31. The lowest BCUT2D eigenvalue weighted by molar-refractivity contribution is 0.142. The van der Waals surface area contributed by atoms with Crippen LogP contribution in [0.25, 0.3) is 0 Å². The van der Waals surface area contributed by atoms with Crippen molar-refractivity contribution in [1.29, 1.82) is 0 Å². The number of aryl methyl sites for hydroxylation is 1. The van der Waals surface area contributed by atoms with Crippen molar-refractivity contribution in [2.45, 2.75) is 36.3 Å². The van der Waals surface area contributed by atoms with Crippen LogP contribution >= 0.6 is 0 Å². The topological polar surface area (TPSA) is 75.4 Å². The van der Waals surface area contributed by atoms with Gasteiger partial charge < -0.3 is 5.11 Å². The zero-order chi connectivity index (χ0) is 16.4. The lowest BCUT2D eigenvalue weighted by Gasteiger charge is -2.25. The summed E-state index contributed by atoms with van der Waals surface area (Å²) in [4.78, 5) is 0.209. The number of aliphatic hydroxyl groups excluding tert-OH is 1. The molecule has 23 heavy (non-hydrogen) atoms. The maximum absolute atomic E-state index is 12.8. The second-order valence-corrected chi connectivity index (χ2v) is 7.81. The smallest absolute Gasteiger partial charge is 0.246 e. The monoisotopic (exact) mass is 335 g/mol. The van der Waals surface area contributed by atoms with E-state index in [1.165, 1.54) is 21.4 Å². The zero-order valence-corrected chi connectivity index (χ0v) is 13.9. The highest BCUT2D eigenvalue weighted by Gasteiger charge is 2.37. The minimum atomic E-state index is -3.56. The molecule has 0 saturated carbocycles. The quantitative estimate of drug-likeness (QED) is 0.902. The van der Waals surface area contributed by atoms with E-state index in [9.17, 15) is 13.5 Å². The molecule has 2 atom stereocenters. The standard InChI is InChI=1S/C16H21N3O3S/c1-18-12-15(11-17-18)23(21,22)19-9-5-8-14(19)10-16(20)13-6-3-2-4-7-13/h2-4,6-7,11-12,14,16,20H,5,8-10H2,1H3. The van der Waals surface area contributed by atoms with E-state index in [2.05, 4.69) is 5.10 Å². The Labute approximate surface area is 136 Å². The molecule has 124 valence electrons. The van der Waals surface area contributed by atoms with Gasteiger partial charge in [0.15, 0.2) is 0 Å². The Morgan fingerprint density at radius 2 is 2.09 bits per heavy atom. The van der Waals surface area contributed by atoms with E-state index in [-0.39, 0.29) is 10.9 Å². The van der Waals surface area contributed by atoms with E-state index < -0.39 is 16.1 Å². The van der Waals surface area contributed by atoms with Gasteiger partial charge in [0.05, 0.1) is 12.3 Å². The number of hydrogen-bond acceptors (Lipinski definition) is 4. The first-order valence-electron chi connectivity index (χ1n) is 7.72. The molecule has 7 heteroatoms. The van der Waals surface area contributed by atoms with Gasteiger partial charge in [-0.15, -0.1) is 0 Å². The van der Waals surface area contributed by atoms with Gasteiger partial charge in [0.1, 0.15) is 4.90 Å². The van der Waals surface area contributed by atoms with Crippen LogP contribution in [0.3, 0.4) is 0 Å². The van der Waals surface area contributed by atoms with Crippen molar-refractivity contribution in [3.63, 3.8) is 0 Å². The summed E-state index contributed by atoms with van der Waals surface area (Å²) >= 11 is 0. The highest BCUT2D eigenvalue weighted by molar-refractivity contribution is 7.89. The summed E-state index contributed by atoms with van der Waals surface area (Å²) in [6.07, 6.45) is 4.21. The largest absolute Gasteiger partial charge is 0.388 e. The molecule has 0 aliphatic carbocycles. The van der Waals surface area contributed by atoms with E-state index in [0.29, 0.717) is 13.0 Å². The molecule has 0 amide bonds. The number of benzene rings is 1. The number of rotatable bonds is 5. The average molecular weight is 335 g/mol. The van der Waals surface area contributed by atoms with Crippen LogP contribution in [0, 0.1) is 0 Å². The van der Waals surface area contributed by atoms with Crippen LogP contribution in [0.4, 0.5) is 0 Å². The summed E-state index contributed by atoms with van der Waals surface area (Å²) in [5.41, 5.74) is 0.818. The highest BCUT2D eigenvalue weighted by atomic mass is 32.2. The normalized spacial score (nSPS) is 20.7. The van der Waals surface area contributed by atoms with Crippen LogP contribution in [-0.2, 0) is 17.1 Å². The minimum absolute atomic E-state index is 0.185. The second kappa shape index (κ2) is 6.43. The fraction of sp³-hybridized carbons (Fsp3) is 0.438. The van der Waals surface area contributed by atoms with Crippen molar-refractivity contribution < 1.29 is 13.5 Å². The summed E-state index contributed by atoms with van der Waals surface area (Å²) < 4.78 is 28.5. The Balaban J connectivity index is 1.78. The van der Waals surface area contributed by atoms with Crippen LogP contribution in [0.1, 0.15) is 30.9 Å². The Morgan fingerprint density at radius 1 is 1.35 bits per heavy atom. The molecule has 1 fully saturated rings. The maximum atomic E-state index is 12.8. The summed E-state index contributed by atoms with van der Waals surface area (Å²) in [5.74, 6) is 0. The number of hydrogen-bond donors (Lipinski definition) is 1. The van der Waals surface area contributed by atoms with Crippen molar-refractivity contribution >= 4 is 10.0 Å². The first-order valence-corrected chi connectivity index (χ1v) is 9.16. The van der Waals surface area contributed by atoms with E-state index in [0.717, 1.165) is 18.4 Å². The van der Waals surface area contributed by atoms with Crippen LogP contribution in [-0.4, -0.2) is 40.2 Å². The van der Waals surface area contributed by atoms with E-state index in [1.807, 2.05) is 30.3 Å². The molecule has 2 heterocycles. The molecule has 6 nitrogen and oxygen atoms in total. The Hall–Kier alpha value is -1.70. The van der Waals surface area contributed by atoms with Gasteiger partial charge in [-0.25, -0.2) is 8.42 Å². The van der Waals surface area contributed by atoms with Crippen LogP contribution in [0.15, 0.2) is 47.6 Å². The number of sulfonamides is 1. The maximum Gasteiger partial charge on any atom is 0.246 e. The zero-order valence-electron chi connectivity index (χ0n) is 13.0. The van der Waals surface area contributed by atoms with Gasteiger partial charge >= 0.3 is 0 Å². The van der Waals surface area contributed by atoms with E-state index in [4.69, 9.17) is 0 Å². The molecule has 1 N–H and O–H groups in total. The predicted molar refractivity (Wildman–Crippen MR) is 86.1 cm³/mol. The van der Waals surface area contributed by atoms with Gasteiger partial charge in [0, 0.05) is 25.8 Å². The lowest BCUT2D eigenvalue weighted by atomic mass is 10.0. The Morgan fingerprint density at radius 3 is 2.74 bits per heavy atom. The van der Waals surface area contributed by atoms with Gasteiger partial charge in [0.25, 0.3) is 0 Å². The van der Waals surface area contributed by atoms with E-state index in [1.54, 1.807) is 7.05 Å². The number of aromatic nitrogens is 2. The van der Waals surface area contributed by atoms with Gasteiger partial charge in [-0.05, 0) is 24.8 Å². The molecule has 0 radical (unpaired) electrons. The lowest BCUT2D eigenvalue weighted by Crippen LogP contribution is -2.36. The fourth-order valence-corrected chi connectivity index (χ4v) is 4.79. The summed E-state index contributed by atoms with van der Waals surface area (Å²) in [6.45, 7) is 0.489. The third-order valence-corrected chi connectivity index (χ3v) is 6.20. The van der Waals surface area contributed by atoms with Gasteiger partial charge in [-0.3, -0.25) is 4.68 Å². The van der Waals surface area contributed by atoms with Crippen LogP contribution in [0.5, 0.6) is 0 Å². The molecule has 2 aromatic rings. The minimum Gasteiger partial charge on any atom is -0.388 e.